The molecular formula is C22H27N3O4S. The Bertz CT molecular complexity index is 917. The van der Waals surface area contributed by atoms with Gasteiger partial charge in [0.1, 0.15) is 11.6 Å². The highest BCUT2D eigenvalue weighted by Gasteiger charge is 2.74. The molecule has 2 saturated heterocycles. The Balaban J connectivity index is 1.44. The molecule has 160 valence electrons. The van der Waals surface area contributed by atoms with Crippen molar-refractivity contribution in [2.75, 3.05) is 0 Å². The molecule has 4 aliphatic rings. The van der Waals surface area contributed by atoms with Crippen LogP contribution in [-0.4, -0.2) is 51.9 Å². The molecule has 7 nitrogen and oxygen atoms in total. The van der Waals surface area contributed by atoms with Gasteiger partial charge >= 0.3 is 0 Å². The van der Waals surface area contributed by atoms with Crippen molar-refractivity contribution in [3.05, 3.63) is 34.5 Å². The molecule has 0 unspecified atom stereocenters. The number of ether oxygens (including phenoxy) is 1. The number of nitrogens with zero attached hydrogens (tertiary/aromatic N) is 1. The number of carbonyl (C=O) groups excluding carboxylic acids is 3. The first kappa shape index (κ1) is 19.8. The molecule has 2 bridgehead atoms. The summed E-state index contributed by atoms with van der Waals surface area (Å²) in [4.78, 5) is 42.7. The monoisotopic (exact) mass is 429 g/mol. The van der Waals surface area contributed by atoms with Gasteiger partial charge in [0.2, 0.25) is 17.7 Å². The van der Waals surface area contributed by atoms with E-state index in [0.29, 0.717) is 6.54 Å². The molecule has 5 rings (SSSR count). The van der Waals surface area contributed by atoms with Crippen molar-refractivity contribution < 1.29 is 19.1 Å². The highest BCUT2D eigenvalue weighted by atomic mass is 32.1. The Hall–Kier alpha value is -2.19. The zero-order valence-corrected chi connectivity index (χ0v) is 18.2. The maximum Gasteiger partial charge on any atom is 0.246 e. The van der Waals surface area contributed by atoms with E-state index in [0.717, 1.165) is 17.7 Å². The maximum absolute atomic E-state index is 13.5. The van der Waals surface area contributed by atoms with Gasteiger partial charge in [0.25, 0.3) is 0 Å². The number of likely N-dealkylation sites (tertiary alicyclic amines) is 1. The van der Waals surface area contributed by atoms with Crippen LogP contribution < -0.4 is 10.6 Å². The maximum atomic E-state index is 13.5. The highest BCUT2D eigenvalue weighted by molar-refractivity contribution is 7.09. The van der Waals surface area contributed by atoms with E-state index < -0.39 is 35.1 Å². The van der Waals surface area contributed by atoms with Crippen LogP contribution in [-0.2, 0) is 25.7 Å². The molecule has 1 spiro atoms. The molecule has 0 radical (unpaired) electrons. The van der Waals surface area contributed by atoms with Gasteiger partial charge in [-0.2, -0.15) is 0 Å². The molecule has 3 fully saturated rings. The third-order valence-electron chi connectivity index (χ3n) is 6.32. The van der Waals surface area contributed by atoms with Crippen molar-refractivity contribution in [2.24, 2.45) is 11.8 Å². The van der Waals surface area contributed by atoms with Crippen LogP contribution in [0.4, 0.5) is 0 Å². The van der Waals surface area contributed by atoms with Crippen LogP contribution in [0.25, 0.3) is 0 Å². The minimum Gasteiger partial charge on any atom is -0.359 e. The minimum absolute atomic E-state index is 0.0547. The number of thiophene rings is 1. The van der Waals surface area contributed by atoms with E-state index in [9.17, 15) is 14.4 Å². The van der Waals surface area contributed by atoms with Crippen molar-refractivity contribution in [3.8, 4) is 0 Å². The van der Waals surface area contributed by atoms with E-state index in [-0.39, 0.29) is 23.8 Å². The number of fused-ring (bicyclic) bond motifs is 1. The summed E-state index contributed by atoms with van der Waals surface area (Å²) in [6.07, 6.45) is 5.01. The third-order valence-corrected chi connectivity index (χ3v) is 7.19. The van der Waals surface area contributed by atoms with Gasteiger partial charge in [-0.05, 0) is 45.1 Å². The van der Waals surface area contributed by atoms with Gasteiger partial charge in [0.15, 0.2) is 0 Å². The third kappa shape index (κ3) is 3.00. The molecule has 1 aliphatic carbocycles. The fourth-order valence-corrected chi connectivity index (χ4v) is 5.74. The Kier molecular flexibility index (Phi) is 4.38. The number of carbonyl (C=O) groups is 3. The summed E-state index contributed by atoms with van der Waals surface area (Å²) < 4.78 is 6.29. The molecule has 8 heteroatoms. The Labute approximate surface area is 179 Å². The lowest BCUT2D eigenvalue weighted by atomic mass is 9.74. The molecular weight excluding hydrogens is 402 g/mol. The first-order valence-electron chi connectivity index (χ1n) is 10.5. The summed E-state index contributed by atoms with van der Waals surface area (Å²) in [6, 6.07) is 3.22. The lowest BCUT2D eigenvalue weighted by molar-refractivity contribution is -0.143. The molecule has 30 heavy (non-hydrogen) atoms. The van der Waals surface area contributed by atoms with Crippen molar-refractivity contribution in [2.45, 2.75) is 69.5 Å². The highest BCUT2D eigenvalue weighted by Crippen LogP contribution is 2.57. The molecule has 1 aromatic rings. The van der Waals surface area contributed by atoms with Crippen LogP contribution in [0.15, 0.2) is 29.7 Å². The smallest absolute Gasteiger partial charge is 0.246 e. The Morgan fingerprint density at radius 3 is 2.70 bits per heavy atom. The first-order chi connectivity index (χ1) is 14.2. The van der Waals surface area contributed by atoms with Gasteiger partial charge in [-0.3, -0.25) is 14.4 Å². The number of rotatable bonds is 5. The van der Waals surface area contributed by atoms with E-state index in [2.05, 4.69) is 10.6 Å². The van der Waals surface area contributed by atoms with E-state index in [4.69, 9.17) is 4.74 Å². The van der Waals surface area contributed by atoms with E-state index in [1.807, 2.05) is 50.4 Å². The number of nitrogens with one attached hydrogen (secondary N) is 2. The minimum atomic E-state index is -1.06. The summed E-state index contributed by atoms with van der Waals surface area (Å²) in [7, 11) is 0. The van der Waals surface area contributed by atoms with Gasteiger partial charge in [0, 0.05) is 16.5 Å². The van der Waals surface area contributed by atoms with E-state index >= 15 is 0 Å². The van der Waals surface area contributed by atoms with Crippen molar-refractivity contribution in [1.29, 1.82) is 0 Å². The molecule has 4 heterocycles. The fraction of sp³-hybridized carbons (Fsp3) is 0.591. The van der Waals surface area contributed by atoms with Crippen LogP contribution >= 0.6 is 11.3 Å². The Morgan fingerprint density at radius 2 is 2.07 bits per heavy atom. The average Bonchev–Trinajstić information content (AvgIpc) is 3.05. The van der Waals surface area contributed by atoms with Gasteiger partial charge in [0.05, 0.1) is 24.5 Å². The van der Waals surface area contributed by atoms with Crippen molar-refractivity contribution in [1.82, 2.24) is 15.5 Å². The van der Waals surface area contributed by atoms with Crippen LogP contribution in [0, 0.1) is 11.8 Å². The zero-order chi connectivity index (χ0) is 21.3. The van der Waals surface area contributed by atoms with Gasteiger partial charge in [-0.1, -0.05) is 18.2 Å². The molecule has 1 aromatic heterocycles. The van der Waals surface area contributed by atoms with Crippen LogP contribution in [0.5, 0.6) is 0 Å². The second-order valence-corrected chi connectivity index (χ2v) is 10.7. The van der Waals surface area contributed by atoms with E-state index in [1.54, 1.807) is 16.2 Å². The van der Waals surface area contributed by atoms with Gasteiger partial charge < -0.3 is 20.3 Å². The molecule has 5 atom stereocenters. The summed E-state index contributed by atoms with van der Waals surface area (Å²) in [5.74, 6) is -1.81. The molecule has 3 aliphatic heterocycles. The first-order valence-corrected chi connectivity index (χ1v) is 11.4. The normalized spacial score (nSPS) is 34.4. The van der Waals surface area contributed by atoms with Gasteiger partial charge in [-0.15, -0.1) is 11.3 Å². The second kappa shape index (κ2) is 6.65. The van der Waals surface area contributed by atoms with Crippen LogP contribution in [0.3, 0.4) is 0 Å². The van der Waals surface area contributed by atoms with E-state index in [1.165, 1.54) is 0 Å². The summed E-state index contributed by atoms with van der Waals surface area (Å²) in [6.45, 7) is 6.18. The van der Waals surface area contributed by atoms with Crippen molar-refractivity contribution >= 4 is 29.1 Å². The predicted octanol–water partition coefficient (Wildman–Crippen LogP) is 1.59. The average molecular weight is 430 g/mol. The lowest BCUT2D eigenvalue weighted by Crippen LogP contribution is -2.58. The molecule has 2 N–H and O–H groups in total. The molecule has 1 saturated carbocycles. The zero-order valence-electron chi connectivity index (χ0n) is 17.4. The predicted molar refractivity (Wildman–Crippen MR) is 111 cm³/mol. The molecule has 3 amide bonds. The van der Waals surface area contributed by atoms with Crippen molar-refractivity contribution in [3.63, 3.8) is 0 Å². The second-order valence-electron chi connectivity index (χ2n) is 9.71. The quantitative estimate of drug-likeness (QED) is 0.696. The number of hydrogen-bond donors (Lipinski definition) is 2. The summed E-state index contributed by atoms with van der Waals surface area (Å²) in [5, 5.41) is 7.96. The summed E-state index contributed by atoms with van der Waals surface area (Å²) in [5.41, 5.74) is -1.49. The standard InChI is InChI=1S/C22H27N3O4S/c1-21(2,3)24-19(27)17-22-9-8-14(29-22)15(16(22)20(28)25(17)12-6-7-12)18(26)23-11-13-5-4-10-30-13/h4-5,8-10,12,14-17H,6-7,11H2,1-3H3,(H,23,26)(H,24,27)/t14-,15+,16-,17-,22+/m1/s1. The number of hydrogen-bond acceptors (Lipinski definition) is 5. The SMILES string of the molecule is CC(C)(C)NC(=O)[C@H]1N(C2CC2)C(=O)[C@H]2[C@@H](C(=O)NCc3cccs3)[C@H]3C=C[C@]21O3. The Morgan fingerprint density at radius 1 is 1.30 bits per heavy atom. The summed E-state index contributed by atoms with van der Waals surface area (Å²) >= 11 is 1.58. The van der Waals surface area contributed by atoms with Crippen LogP contribution in [0.1, 0.15) is 38.5 Å². The number of amides is 3. The topological polar surface area (TPSA) is 87.7 Å². The largest absolute Gasteiger partial charge is 0.359 e. The van der Waals surface area contributed by atoms with Gasteiger partial charge in [-0.25, -0.2) is 0 Å². The van der Waals surface area contributed by atoms with Crippen LogP contribution in [0.2, 0.25) is 0 Å². The lowest BCUT2D eigenvalue weighted by Gasteiger charge is -2.34. The fourth-order valence-electron chi connectivity index (χ4n) is 5.10. The molecule has 0 aromatic carbocycles.